The van der Waals surface area contributed by atoms with Crippen molar-refractivity contribution in [1.82, 2.24) is 14.8 Å². The molecule has 0 aromatic carbocycles. The predicted molar refractivity (Wildman–Crippen MR) is 78.6 cm³/mol. The van der Waals surface area contributed by atoms with Crippen molar-refractivity contribution in [2.24, 2.45) is 0 Å². The third-order valence-electron chi connectivity index (χ3n) is 3.55. The predicted octanol–water partition coefficient (Wildman–Crippen LogP) is 1.09. The van der Waals surface area contributed by atoms with Crippen LogP contribution in [0.2, 0.25) is 5.02 Å². The van der Waals surface area contributed by atoms with Crippen molar-refractivity contribution < 1.29 is 9.90 Å². The standard InChI is InChI=1S/C13H19ClN4O2/c1-17-5-6-18(2)9(8-17)7-15-11-4-3-10(14)12(16-11)13(19)20/h3-4,9H,5-8H2,1-2H3,(H,15,16)(H,19,20). The molecule has 0 saturated carbocycles. The van der Waals surface area contributed by atoms with Gasteiger partial charge in [-0.05, 0) is 26.2 Å². The first-order valence-corrected chi connectivity index (χ1v) is 6.87. The minimum atomic E-state index is -1.12. The Hall–Kier alpha value is -1.37. The zero-order chi connectivity index (χ0) is 14.7. The molecule has 6 nitrogen and oxygen atoms in total. The second-order valence-corrected chi connectivity index (χ2v) is 5.52. The van der Waals surface area contributed by atoms with E-state index in [4.69, 9.17) is 16.7 Å². The Kier molecular flexibility index (Phi) is 4.80. The number of nitrogens with zero attached hydrogens (tertiary/aromatic N) is 3. The Balaban J connectivity index is 2.00. The average molecular weight is 299 g/mol. The first-order chi connectivity index (χ1) is 9.47. The van der Waals surface area contributed by atoms with E-state index in [0.29, 0.717) is 18.4 Å². The maximum Gasteiger partial charge on any atom is 0.356 e. The summed E-state index contributed by atoms with van der Waals surface area (Å²) in [5.74, 6) is -0.582. The average Bonchev–Trinajstić information content (AvgIpc) is 2.41. The molecular weight excluding hydrogens is 280 g/mol. The number of hydrogen-bond acceptors (Lipinski definition) is 5. The minimum Gasteiger partial charge on any atom is -0.476 e. The molecule has 2 rings (SSSR count). The number of aromatic nitrogens is 1. The van der Waals surface area contributed by atoms with Gasteiger partial charge in [-0.25, -0.2) is 9.78 Å². The quantitative estimate of drug-likeness (QED) is 0.867. The Bertz CT molecular complexity index is 497. The summed E-state index contributed by atoms with van der Waals surface area (Å²) < 4.78 is 0. The lowest BCUT2D eigenvalue weighted by Gasteiger charge is -2.37. The molecule has 0 radical (unpaired) electrons. The first-order valence-electron chi connectivity index (χ1n) is 6.50. The second-order valence-electron chi connectivity index (χ2n) is 5.11. The SMILES string of the molecule is CN1CCN(C)C(CNc2ccc(Cl)c(C(=O)O)n2)C1. The van der Waals surface area contributed by atoms with Crippen LogP contribution >= 0.6 is 11.6 Å². The number of nitrogens with one attached hydrogen (secondary N) is 1. The van der Waals surface area contributed by atoms with Crippen molar-refractivity contribution in [3.63, 3.8) is 0 Å². The van der Waals surface area contributed by atoms with Crippen LogP contribution in [0, 0.1) is 0 Å². The normalized spacial score (nSPS) is 20.9. The summed E-state index contributed by atoms with van der Waals surface area (Å²) in [5, 5.41) is 12.3. The van der Waals surface area contributed by atoms with Crippen molar-refractivity contribution in [3.05, 3.63) is 22.8 Å². The molecule has 2 heterocycles. The summed E-state index contributed by atoms with van der Waals surface area (Å²) in [5.41, 5.74) is -0.120. The lowest BCUT2D eigenvalue weighted by molar-refractivity contribution is 0.0691. The third kappa shape index (κ3) is 3.59. The number of anilines is 1. The number of carboxylic acid groups (broad SMARTS) is 1. The second kappa shape index (κ2) is 6.39. The van der Waals surface area contributed by atoms with Crippen molar-refractivity contribution in [1.29, 1.82) is 0 Å². The van der Waals surface area contributed by atoms with Gasteiger partial charge in [-0.15, -0.1) is 0 Å². The fourth-order valence-corrected chi connectivity index (χ4v) is 2.42. The number of carboxylic acids is 1. The van der Waals surface area contributed by atoms with Crippen LogP contribution in [0.15, 0.2) is 12.1 Å². The Morgan fingerprint density at radius 3 is 2.95 bits per heavy atom. The molecular formula is C13H19ClN4O2. The highest BCUT2D eigenvalue weighted by atomic mass is 35.5. The van der Waals surface area contributed by atoms with Crippen LogP contribution in [0.25, 0.3) is 0 Å². The van der Waals surface area contributed by atoms with Crippen LogP contribution in [0.4, 0.5) is 5.82 Å². The maximum absolute atomic E-state index is 11.0. The van der Waals surface area contributed by atoms with Gasteiger partial charge in [-0.1, -0.05) is 11.6 Å². The summed E-state index contributed by atoms with van der Waals surface area (Å²) in [6.07, 6.45) is 0. The molecule has 1 aliphatic rings. The van der Waals surface area contributed by atoms with Gasteiger partial charge in [-0.2, -0.15) is 0 Å². The van der Waals surface area contributed by atoms with Crippen molar-refractivity contribution in [2.75, 3.05) is 45.6 Å². The maximum atomic E-state index is 11.0. The highest BCUT2D eigenvalue weighted by Crippen LogP contribution is 2.17. The van der Waals surface area contributed by atoms with Gasteiger partial charge in [0.15, 0.2) is 5.69 Å². The van der Waals surface area contributed by atoms with Gasteiger partial charge in [0.1, 0.15) is 5.82 Å². The van der Waals surface area contributed by atoms with Crippen LogP contribution in [0.1, 0.15) is 10.5 Å². The van der Waals surface area contributed by atoms with Gasteiger partial charge in [0.2, 0.25) is 0 Å². The number of carbonyl (C=O) groups is 1. The van der Waals surface area contributed by atoms with Gasteiger partial charge in [0.05, 0.1) is 5.02 Å². The Morgan fingerprint density at radius 2 is 2.25 bits per heavy atom. The highest BCUT2D eigenvalue weighted by Gasteiger charge is 2.22. The van der Waals surface area contributed by atoms with Crippen LogP contribution in [-0.4, -0.2) is 72.2 Å². The molecule has 7 heteroatoms. The molecule has 1 fully saturated rings. The monoisotopic (exact) mass is 298 g/mol. The van der Waals surface area contributed by atoms with E-state index in [1.54, 1.807) is 12.1 Å². The number of hydrogen-bond donors (Lipinski definition) is 2. The van der Waals surface area contributed by atoms with E-state index in [2.05, 4.69) is 34.2 Å². The summed E-state index contributed by atoms with van der Waals surface area (Å²) in [6.45, 7) is 3.78. The van der Waals surface area contributed by atoms with E-state index < -0.39 is 5.97 Å². The molecule has 0 aliphatic carbocycles. The van der Waals surface area contributed by atoms with Crippen molar-refractivity contribution in [2.45, 2.75) is 6.04 Å². The Morgan fingerprint density at radius 1 is 1.50 bits per heavy atom. The zero-order valence-electron chi connectivity index (χ0n) is 11.6. The van der Waals surface area contributed by atoms with Gasteiger partial charge in [0.25, 0.3) is 0 Å². The van der Waals surface area contributed by atoms with E-state index in [9.17, 15) is 4.79 Å². The van der Waals surface area contributed by atoms with Crippen LogP contribution in [0.5, 0.6) is 0 Å². The Labute approximate surface area is 123 Å². The van der Waals surface area contributed by atoms with Crippen molar-refractivity contribution >= 4 is 23.4 Å². The van der Waals surface area contributed by atoms with E-state index in [-0.39, 0.29) is 10.7 Å². The van der Waals surface area contributed by atoms with Crippen molar-refractivity contribution in [3.8, 4) is 0 Å². The highest BCUT2D eigenvalue weighted by molar-refractivity contribution is 6.33. The van der Waals surface area contributed by atoms with Gasteiger partial charge in [-0.3, -0.25) is 4.90 Å². The van der Waals surface area contributed by atoms with E-state index in [1.807, 2.05) is 0 Å². The molecule has 0 bridgehead atoms. The fourth-order valence-electron chi connectivity index (χ4n) is 2.23. The van der Waals surface area contributed by atoms with E-state index in [0.717, 1.165) is 19.6 Å². The first kappa shape index (κ1) is 15.0. The van der Waals surface area contributed by atoms with Crippen LogP contribution in [-0.2, 0) is 0 Å². The van der Waals surface area contributed by atoms with E-state index >= 15 is 0 Å². The molecule has 1 saturated heterocycles. The molecule has 1 atom stereocenters. The van der Waals surface area contributed by atoms with Gasteiger partial charge < -0.3 is 15.3 Å². The molecule has 2 N–H and O–H groups in total. The molecule has 1 aliphatic heterocycles. The molecule has 1 unspecified atom stereocenters. The lowest BCUT2D eigenvalue weighted by Crippen LogP contribution is -2.52. The largest absolute Gasteiger partial charge is 0.476 e. The topological polar surface area (TPSA) is 68.7 Å². The minimum absolute atomic E-state index is 0.120. The lowest BCUT2D eigenvalue weighted by atomic mass is 10.2. The van der Waals surface area contributed by atoms with Gasteiger partial charge in [0, 0.05) is 32.2 Å². The summed E-state index contributed by atoms with van der Waals surface area (Å²) in [6, 6.07) is 3.62. The number of piperazine rings is 1. The zero-order valence-corrected chi connectivity index (χ0v) is 12.4. The molecule has 110 valence electrons. The summed E-state index contributed by atoms with van der Waals surface area (Å²) in [7, 11) is 4.19. The number of pyridine rings is 1. The summed E-state index contributed by atoms with van der Waals surface area (Å²) in [4.78, 5) is 19.6. The van der Waals surface area contributed by atoms with Gasteiger partial charge >= 0.3 is 5.97 Å². The van der Waals surface area contributed by atoms with Crippen LogP contribution in [0.3, 0.4) is 0 Å². The van der Waals surface area contributed by atoms with Crippen LogP contribution < -0.4 is 5.32 Å². The number of aromatic carboxylic acids is 1. The number of halogens is 1. The molecule has 1 aromatic rings. The fraction of sp³-hybridized carbons (Fsp3) is 0.538. The smallest absolute Gasteiger partial charge is 0.356 e. The molecule has 0 amide bonds. The molecule has 20 heavy (non-hydrogen) atoms. The number of likely N-dealkylation sites (N-methyl/N-ethyl adjacent to an activating group) is 2. The molecule has 0 spiro atoms. The summed E-state index contributed by atoms with van der Waals surface area (Å²) >= 11 is 5.80. The van der Waals surface area contributed by atoms with E-state index in [1.165, 1.54) is 0 Å². The third-order valence-corrected chi connectivity index (χ3v) is 3.85. The number of rotatable bonds is 4. The molecule has 1 aromatic heterocycles.